The molecular formula is C23H25N5O4. The van der Waals surface area contributed by atoms with Gasteiger partial charge < -0.3 is 14.6 Å². The van der Waals surface area contributed by atoms with E-state index in [0.29, 0.717) is 12.2 Å². The number of imidazole rings is 1. The van der Waals surface area contributed by atoms with Gasteiger partial charge >= 0.3 is 0 Å². The molecule has 2 aromatic carbocycles. The maximum atomic E-state index is 12.9. The molecule has 0 spiro atoms. The highest BCUT2D eigenvalue weighted by Crippen LogP contribution is 2.31. The number of aromatic nitrogens is 2. The zero-order chi connectivity index (χ0) is 22.5. The van der Waals surface area contributed by atoms with Crippen molar-refractivity contribution in [2.45, 2.75) is 18.9 Å². The molecule has 1 aliphatic heterocycles. The number of benzene rings is 2. The zero-order valence-electron chi connectivity index (χ0n) is 17.8. The van der Waals surface area contributed by atoms with E-state index in [1.165, 1.54) is 12.4 Å². The Morgan fingerprint density at radius 1 is 1.25 bits per heavy atom. The molecule has 32 heavy (non-hydrogen) atoms. The van der Waals surface area contributed by atoms with E-state index in [1.807, 2.05) is 24.3 Å². The molecule has 1 unspecified atom stereocenters. The van der Waals surface area contributed by atoms with E-state index >= 15 is 0 Å². The number of hydrogen-bond donors (Lipinski definition) is 1. The first kappa shape index (κ1) is 21.5. The second-order valence-electron chi connectivity index (χ2n) is 7.64. The zero-order valence-corrected chi connectivity index (χ0v) is 17.8. The number of ether oxygens (including phenoxy) is 1. The molecule has 1 atom stereocenters. The van der Waals surface area contributed by atoms with Crippen LogP contribution in [0.1, 0.15) is 34.8 Å². The quantitative estimate of drug-likeness (QED) is 0.430. The summed E-state index contributed by atoms with van der Waals surface area (Å²) in [5.74, 6) is 0.420. The number of amides is 1. The molecule has 1 fully saturated rings. The van der Waals surface area contributed by atoms with E-state index in [0.717, 1.165) is 37.2 Å². The Balaban J connectivity index is 1.56. The fourth-order valence-electron chi connectivity index (χ4n) is 4.15. The lowest BCUT2D eigenvalue weighted by Crippen LogP contribution is -2.37. The van der Waals surface area contributed by atoms with Gasteiger partial charge in [0.25, 0.3) is 11.6 Å². The van der Waals surface area contributed by atoms with Crippen LogP contribution in [0.3, 0.4) is 0 Å². The monoisotopic (exact) mass is 435 g/mol. The molecule has 1 N–H and O–H groups in total. The molecule has 2 heterocycles. The van der Waals surface area contributed by atoms with Gasteiger partial charge in [-0.3, -0.25) is 19.8 Å². The molecule has 0 saturated carbocycles. The minimum atomic E-state index is -0.492. The lowest BCUT2D eigenvalue weighted by molar-refractivity contribution is -0.384. The molecule has 0 bridgehead atoms. The van der Waals surface area contributed by atoms with Crippen LogP contribution in [0.25, 0.3) is 5.69 Å². The molecule has 166 valence electrons. The van der Waals surface area contributed by atoms with Crippen molar-refractivity contribution >= 4 is 11.6 Å². The Hall–Kier alpha value is -3.72. The van der Waals surface area contributed by atoms with Crippen molar-refractivity contribution in [3.05, 3.63) is 82.4 Å². The number of nitrogens with zero attached hydrogens (tertiary/aromatic N) is 4. The van der Waals surface area contributed by atoms with Crippen molar-refractivity contribution in [1.82, 2.24) is 19.8 Å². The summed E-state index contributed by atoms with van der Waals surface area (Å²) in [5, 5.41) is 14.6. The van der Waals surface area contributed by atoms with Crippen LogP contribution in [0.4, 0.5) is 5.69 Å². The number of carbonyl (C=O) groups excluding carboxylic acids is 1. The first-order valence-corrected chi connectivity index (χ1v) is 10.5. The summed E-state index contributed by atoms with van der Waals surface area (Å²) < 4.78 is 7.09. The van der Waals surface area contributed by atoms with Gasteiger partial charge in [0, 0.05) is 36.1 Å². The topological polar surface area (TPSA) is 103 Å². The van der Waals surface area contributed by atoms with Crippen LogP contribution in [-0.4, -0.2) is 52.0 Å². The minimum Gasteiger partial charge on any atom is -0.496 e. The van der Waals surface area contributed by atoms with Gasteiger partial charge in [-0.2, -0.15) is 0 Å². The van der Waals surface area contributed by atoms with E-state index in [4.69, 9.17) is 4.74 Å². The van der Waals surface area contributed by atoms with Gasteiger partial charge in [0.15, 0.2) is 0 Å². The predicted molar refractivity (Wildman–Crippen MR) is 119 cm³/mol. The van der Waals surface area contributed by atoms with E-state index in [9.17, 15) is 14.9 Å². The number of carbonyl (C=O) groups is 1. The molecule has 4 rings (SSSR count). The van der Waals surface area contributed by atoms with Gasteiger partial charge in [0.1, 0.15) is 11.4 Å². The number of para-hydroxylation sites is 1. The highest BCUT2D eigenvalue weighted by Gasteiger charge is 2.27. The van der Waals surface area contributed by atoms with E-state index in [1.54, 1.807) is 36.2 Å². The molecule has 1 saturated heterocycles. The normalized spacial score (nSPS) is 14.8. The summed E-state index contributed by atoms with van der Waals surface area (Å²) in [5.41, 5.74) is 1.45. The van der Waals surface area contributed by atoms with Crippen molar-refractivity contribution in [2.75, 3.05) is 26.7 Å². The SMILES string of the molecule is COc1ccccc1C(CNC(=O)c1ccc(-n2ccnc2)c([N+](=O)[O-])c1)N1CCCC1. The van der Waals surface area contributed by atoms with Crippen LogP contribution in [0.15, 0.2) is 61.2 Å². The first-order chi connectivity index (χ1) is 15.6. The lowest BCUT2D eigenvalue weighted by atomic mass is 10.0. The molecule has 0 aliphatic carbocycles. The smallest absolute Gasteiger partial charge is 0.294 e. The number of hydrogen-bond acceptors (Lipinski definition) is 6. The number of likely N-dealkylation sites (tertiary alicyclic amines) is 1. The third kappa shape index (κ3) is 4.47. The van der Waals surface area contributed by atoms with Gasteiger partial charge in [0.05, 0.1) is 24.4 Å². The van der Waals surface area contributed by atoms with Gasteiger partial charge in [-0.25, -0.2) is 4.98 Å². The summed E-state index contributed by atoms with van der Waals surface area (Å²) in [6.07, 6.45) is 6.87. The summed E-state index contributed by atoms with van der Waals surface area (Å²) in [6, 6.07) is 12.2. The number of nitro groups is 1. The van der Waals surface area contributed by atoms with Crippen molar-refractivity contribution in [3.8, 4) is 11.4 Å². The molecule has 3 aromatic rings. The fraction of sp³-hybridized carbons (Fsp3) is 0.304. The molecular weight excluding hydrogens is 410 g/mol. The Bertz CT molecular complexity index is 1090. The average Bonchev–Trinajstić information content (AvgIpc) is 3.54. The number of nitro benzene ring substituents is 1. The number of nitrogens with one attached hydrogen (secondary N) is 1. The van der Waals surface area contributed by atoms with E-state index < -0.39 is 4.92 Å². The van der Waals surface area contributed by atoms with Crippen molar-refractivity contribution in [1.29, 1.82) is 0 Å². The molecule has 9 nitrogen and oxygen atoms in total. The summed E-state index contributed by atoms with van der Waals surface area (Å²) in [6.45, 7) is 2.27. The van der Waals surface area contributed by atoms with Gasteiger partial charge in [-0.05, 0) is 44.1 Å². The van der Waals surface area contributed by atoms with Gasteiger partial charge in [0.2, 0.25) is 0 Å². The maximum Gasteiger partial charge on any atom is 0.294 e. The van der Waals surface area contributed by atoms with E-state index in [2.05, 4.69) is 15.2 Å². The van der Waals surface area contributed by atoms with E-state index in [-0.39, 0.29) is 23.2 Å². The predicted octanol–water partition coefficient (Wildman–Crippen LogP) is 3.36. The molecule has 1 aromatic heterocycles. The Kier molecular flexibility index (Phi) is 6.46. The maximum absolute atomic E-state index is 12.9. The standard InChI is InChI=1S/C23H25N5O4/c1-32-22-7-3-2-6-18(22)21(26-11-4-5-12-26)15-25-23(29)17-8-9-19(20(14-17)28(30)31)27-13-10-24-16-27/h2-3,6-10,13-14,16,21H,4-5,11-12,15H2,1H3,(H,25,29). The third-order valence-electron chi connectivity index (χ3n) is 5.75. The average molecular weight is 435 g/mol. The third-order valence-corrected chi connectivity index (χ3v) is 5.75. The van der Waals surface area contributed by atoms with Crippen LogP contribution in [-0.2, 0) is 0 Å². The summed E-state index contributed by atoms with van der Waals surface area (Å²) >= 11 is 0. The Morgan fingerprint density at radius 3 is 2.72 bits per heavy atom. The largest absolute Gasteiger partial charge is 0.496 e. The second kappa shape index (κ2) is 9.61. The van der Waals surface area contributed by atoms with Crippen LogP contribution in [0.5, 0.6) is 5.75 Å². The lowest BCUT2D eigenvalue weighted by Gasteiger charge is -2.29. The van der Waals surface area contributed by atoms with Crippen LogP contribution in [0, 0.1) is 10.1 Å². The molecule has 9 heteroatoms. The highest BCUT2D eigenvalue weighted by atomic mass is 16.6. The molecule has 1 aliphatic rings. The van der Waals surface area contributed by atoms with Gasteiger partial charge in [-0.15, -0.1) is 0 Å². The van der Waals surface area contributed by atoms with Crippen LogP contribution in [0.2, 0.25) is 0 Å². The number of methoxy groups -OCH3 is 1. The van der Waals surface area contributed by atoms with Crippen LogP contribution < -0.4 is 10.1 Å². The van der Waals surface area contributed by atoms with Crippen molar-refractivity contribution < 1.29 is 14.5 Å². The molecule has 1 amide bonds. The van der Waals surface area contributed by atoms with Gasteiger partial charge in [-0.1, -0.05) is 18.2 Å². The Morgan fingerprint density at radius 2 is 2.03 bits per heavy atom. The first-order valence-electron chi connectivity index (χ1n) is 10.5. The fourth-order valence-corrected chi connectivity index (χ4v) is 4.15. The summed E-state index contributed by atoms with van der Waals surface area (Å²) in [7, 11) is 1.64. The van der Waals surface area contributed by atoms with Crippen molar-refractivity contribution in [3.63, 3.8) is 0 Å². The van der Waals surface area contributed by atoms with Crippen molar-refractivity contribution in [2.24, 2.45) is 0 Å². The highest BCUT2D eigenvalue weighted by molar-refractivity contribution is 5.95. The second-order valence-corrected chi connectivity index (χ2v) is 7.64. The summed E-state index contributed by atoms with van der Waals surface area (Å²) in [4.78, 5) is 30.3. The number of rotatable bonds is 8. The molecule has 0 radical (unpaired) electrons. The Labute approximate surface area is 185 Å². The minimum absolute atomic E-state index is 0.0437. The van der Waals surface area contributed by atoms with Crippen LogP contribution >= 0.6 is 0 Å².